The van der Waals surface area contributed by atoms with Crippen LogP contribution in [0.5, 0.6) is 0 Å². The number of aromatic nitrogens is 1. The van der Waals surface area contributed by atoms with E-state index >= 15 is 0 Å². The molecule has 3 rings (SSSR count). The molecule has 0 saturated carbocycles. The zero-order valence-corrected chi connectivity index (χ0v) is 14.7. The standard InChI is InChI=1S/C18H16F3N3OS/c1-2-22-17-24-14-7-6-12(9-15(14)26-17)16(25)23-10-11-4-3-5-13(8-11)18(19,20)21/h3-9H,2,10H2,1H3,(H,22,24)(H,23,25). The molecule has 2 N–H and O–H groups in total. The van der Waals surface area contributed by atoms with E-state index in [1.54, 1.807) is 24.3 Å². The van der Waals surface area contributed by atoms with Gasteiger partial charge < -0.3 is 10.6 Å². The minimum absolute atomic E-state index is 0.0200. The molecule has 0 aliphatic rings. The molecule has 1 aromatic heterocycles. The van der Waals surface area contributed by atoms with E-state index in [4.69, 9.17) is 0 Å². The molecule has 1 amide bonds. The number of nitrogens with zero attached hydrogens (tertiary/aromatic N) is 1. The number of halogens is 3. The average molecular weight is 379 g/mol. The van der Waals surface area contributed by atoms with Crippen molar-refractivity contribution >= 4 is 32.6 Å². The number of thiazole rings is 1. The third-order valence-electron chi connectivity index (χ3n) is 3.69. The van der Waals surface area contributed by atoms with Crippen molar-refractivity contribution in [3.8, 4) is 0 Å². The number of carbonyl (C=O) groups is 1. The zero-order chi connectivity index (χ0) is 18.7. The predicted octanol–water partition coefficient (Wildman–Crippen LogP) is 4.68. The molecule has 0 atom stereocenters. The maximum Gasteiger partial charge on any atom is 0.416 e. The molecule has 26 heavy (non-hydrogen) atoms. The van der Waals surface area contributed by atoms with Crippen LogP contribution in [0.2, 0.25) is 0 Å². The van der Waals surface area contributed by atoms with Gasteiger partial charge in [0.05, 0.1) is 15.8 Å². The van der Waals surface area contributed by atoms with Gasteiger partial charge in [0.25, 0.3) is 5.91 Å². The predicted molar refractivity (Wildman–Crippen MR) is 96.4 cm³/mol. The third-order valence-corrected chi connectivity index (χ3v) is 4.66. The first-order valence-electron chi connectivity index (χ1n) is 7.95. The fourth-order valence-electron chi connectivity index (χ4n) is 2.43. The molecule has 3 aromatic rings. The highest BCUT2D eigenvalue weighted by molar-refractivity contribution is 7.22. The van der Waals surface area contributed by atoms with Crippen molar-refractivity contribution in [3.63, 3.8) is 0 Å². The monoisotopic (exact) mass is 379 g/mol. The SMILES string of the molecule is CCNc1nc2ccc(C(=O)NCc3cccc(C(F)(F)F)c3)cc2s1. The van der Waals surface area contributed by atoms with E-state index in [0.29, 0.717) is 11.1 Å². The molecule has 8 heteroatoms. The summed E-state index contributed by atoms with van der Waals surface area (Å²) in [6.07, 6.45) is -4.40. The van der Waals surface area contributed by atoms with Gasteiger partial charge >= 0.3 is 6.18 Å². The van der Waals surface area contributed by atoms with E-state index in [1.807, 2.05) is 6.92 Å². The first-order chi connectivity index (χ1) is 12.4. The fraction of sp³-hybridized carbons (Fsp3) is 0.222. The quantitative estimate of drug-likeness (QED) is 0.677. The number of rotatable bonds is 5. The molecule has 0 aliphatic carbocycles. The van der Waals surface area contributed by atoms with Crippen LogP contribution in [0.3, 0.4) is 0 Å². The molecule has 0 aliphatic heterocycles. The average Bonchev–Trinajstić information content (AvgIpc) is 3.01. The minimum atomic E-state index is -4.40. The number of fused-ring (bicyclic) bond motifs is 1. The van der Waals surface area contributed by atoms with Gasteiger partial charge in [-0.3, -0.25) is 4.79 Å². The second-order valence-corrected chi connectivity index (χ2v) is 6.64. The molecule has 0 bridgehead atoms. The molecule has 0 spiro atoms. The Balaban J connectivity index is 1.71. The van der Waals surface area contributed by atoms with E-state index in [-0.39, 0.29) is 12.5 Å². The lowest BCUT2D eigenvalue weighted by molar-refractivity contribution is -0.137. The number of anilines is 1. The highest BCUT2D eigenvalue weighted by Crippen LogP contribution is 2.29. The van der Waals surface area contributed by atoms with Gasteiger partial charge in [-0.1, -0.05) is 23.5 Å². The summed E-state index contributed by atoms with van der Waals surface area (Å²) in [7, 11) is 0. The molecule has 0 fully saturated rings. The number of nitrogens with one attached hydrogen (secondary N) is 2. The second kappa shape index (κ2) is 7.33. The Kier molecular flexibility index (Phi) is 5.13. The van der Waals surface area contributed by atoms with Crippen molar-refractivity contribution in [2.45, 2.75) is 19.6 Å². The van der Waals surface area contributed by atoms with Gasteiger partial charge in [0.15, 0.2) is 5.13 Å². The topological polar surface area (TPSA) is 54.0 Å². The number of carbonyl (C=O) groups excluding carboxylic acids is 1. The summed E-state index contributed by atoms with van der Waals surface area (Å²) >= 11 is 1.45. The number of benzene rings is 2. The lowest BCUT2D eigenvalue weighted by atomic mass is 10.1. The van der Waals surface area contributed by atoms with E-state index in [2.05, 4.69) is 15.6 Å². The summed E-state index contributed by atoms with van der Waals surface area (Å²) in [6, 6.07) is 10.1. The Morgan fingerprint density at radius 2 is 2.00 bits per heavy atom. The highest BCUT2D eigenvalue weighted by Gasteiger charge is 2.30. The van der Waals surface area contributed by atoms with E-state index in [0.717, 1.165) is 34.0 Å². The first kappa shape index (κ1) is 18.2. The molecule has 0 radical (unpaired) electrons. The Labute approximate surface area is 152 Å². The first-order valence-corrected chi connectivity index (χ1v) is 8.77. The van der Waals surface area contributed by atoms with E-state index < -0.39 is 11.7 Å². The Bertz CT molecular complexity index is 937. The van der Waals surface area contributed by atoms with Crippen molar-refractivity contribution in [1.82, 2.24) is 10.3 Å². The summed E-state index contributed by atoms with van der Waals surface area (Å²) in [6.45, 7) is 2.75. The number of amides is 1. The fourth-order valence-corrected chi connectivity index (χ4v) is 3.41. The third kappa shape index (κ3) is 4.13. The van der Waals surface area contributed by atoms with Gasteiger partial charge in [-0.15, -0.1) is 0 Å². The second-order valence-electron chi connectivity index (χ2n) is 5.61. The van der Waals surface area contributed by atoms with Gasteiger partial charge in [-0.2, -0.15) is 13.2 Å². The lowest BCUT2D eigenvalue weighted by Crippen LogP contribution is -2.22. The maximum absolute atomic E-state index is 12.7. The van der Waals surface area contributed by atoms with Crippen LogP contribution in [0.25, 0.3) is 10.2 Å². The molecule has 0 saturated heterocycles. The van der Waals surface area contributed by atoms with Crippen molar-refractivity contribution in [3.05, 3.63) is 59.2 Å². The van der Waals surface area contributed by atoms with Crippen LogP contribution < -0.4 is 10.6 Å². The molecular weight excluding hydrogens is 363 g/mol. The molecular formula is C18H16F3N3OS. The summed E-state index contributed by atoms with van der Waals surface area (Å²) in [5, 5.41) is 6.56. The summed E-state index contributed by atoms with van der Waals surface area (Å²) < 4.78 is 39.1. The summed E-state index contributed by atoms with van der Waals surface area (Å²) in [5.41, 5.74) is 0.893. The summed E-state index contributed by atoms with van der Waals surface area (Å²) in [4.78, 5) is 16.7. The Hall–Kier alpha value is -2.61. The summed E-state index contributed by atoms with van der Waals surface area (Å²) in [5.74, 6) is -0.345. The molecule has 0 unspecified atom stereocenters. The lowest BCUT2D eigenvalue weighted by Gasteiger charge is -2.09. The smallest absolute Gasteiger partial charge is 0.362 e. The van der Waals surface area contributed by atoms with Gasteiger partial charge in [-0.25, -0.2) is 4.98 Å². The largest absolute Gasteiger partial charge is 0.416 e. The van der Waals surface area contributed by atoms with Crippen LogP contribution in [0, 0.1) is 0 Å². The van der Waals surface area contributed by atoms with Crippen LogP contribution in [0.1, 0.15) is 28.4 Å². The zero-order valence-electron chi connectivity index (χ0n) is 13.9. The van der Waals surface area contributed by atoms with Gasteiger partial charge in [-0.05, 0) is 42.8 Å². The Morgan fingerprint density at radius 3 is 2.73 bits per heavy atom. The number of alkyl halides is 3. The van der Waals surface area contributed by atoms with Gasteiger partial charge in [0, 0.05) is 18.7 Å². The normalized spacial score (nSPS) is 11.5. The van der Waals surface area contributed by atoms with Crippen molar-refractivity contribution in [1.29, 1.82) is 0 Å². The number of hydrogen-bond donors (Lipinski definition) is 2. The van der Waals surface area contributed by atoms with Crippen LogP contribution in [-0.4, -0.2) is 17.4 Å². The molecule has 4 nitrogen and oxygen atoms in total. The van der Waals surface area contributed by atoms with Crippen molar-refractivity contribution < 1.29 is 18.0 Å². The maximum atomic E-state index is 12.7. The molecule has 136 valence electrons. The minimum Gasteiger partial charge on any atom is -0.362 e. The van der Waals surface area contributed by atoms with Crippen LogP contribution >= 0.6 is 11.3 Å². The molecule has 1 heterocycles. The van der Waals surface area contributed by atoms with Gasteiger partial charge in [0.1, 0.15) is 0 Å². The van der Waals surface area contributed by atoms with Crippen LogP contribution in [-0.2, 0) is 12.7 Å². The van der Waals surface area contributed by atoms with Crippen LogP contribution in [0.4, 0.5) is 18.3 Å². The molecule has 2 aromatic carbocycles. The van der Waals surface area contributed by atoms with Gasteiger partial charge in [0.2, 0.25) is 0 Å². The van der Waals surface area contributed by atoms with E-state index in [9.17, 15) is 18.0 Å². The number of hydrogen-bond acceptors (Lipinski definition) is 4. The van der Waals surface area contributed by atoms with E-state index in [1.165, 1.54) is 17.4 Å². The van der Waals surface area contributed by atoms with Crippen molar-refractivity contribution in [2.24, 2.45) is 0 Å². The van der Waals surface area contributed by atoms with Crippen LogP contribution in [0.15, 0.2) is 42.5 Å². The highest BCUT2D eigenvalue weighted by atomic mass is 32.1. The van der Waals surface area contributed by atoms with Crippen molar-refractivity contribution in [2.75, 3.05) is 11.9 Å². The Morgan fingerprint density at radius 1 is 1.19 bits per heavy atom.